The maximum absolute atomic E-state index is 11.0. The number of rotatable bonds is 3. The summed E-state index contributed by atoms with van der Waals surface area (Å²) in [5.41, 5.74) is 8.43. The Labute approximate surface area is 142 Å². The highest BCUT2D eigenvalue weighted by atomic mass is 16.4. The van der Waals surface area contributed by atoms with Crippen molar-refractivity contribution in [3.63, 3.8) is 0 Å². The molecule has 0 spiro atoms. The van der Waals surface area contributed by atoms with Crippen molar-refractivity contribution < 1.29 is 9.90 Å². The molecule has 2 atom stereocenters. The fraction of sp³-hybridized carbons (Fsp3) is 0.318. The molecule has 0 heterocycles. The van der Waals surface area contributed by atoms with Crippen LogP contribution in [-0.2, 0) is 0 Å². The van der Waals surface area contributed by atoms with Gasteiger partial charge < -0.3 is 5.11 Å². The normalized spacial score (nSPS) is 21.8. The van der Waals surface area contributed by atoms with Gasteiger partial charge in [0.2, 0.25) is 0 Å². The molecule has 2 bridgehead atoms. The van der Waals surface area contributed by atoms with E-state index in [1.54, 1.807) is 23.3 Å². The molecule has 1 saturated carbocycles. The van der Waals surface area contributed by atoms with Gasteiger partial charge in [-0.3, -0.25) is 0 Å². The number of hydrogen-bond donors (Lipinski definition) is 1. The second-order valence-corrected chi connectivity index (χ2v) is 7.26. The van der Waals surface area contributed by atoms with Gasteiger partial charge in [-0.05, 0) is 90.5 Å². The van der Waals surface area contributed by atoms with Crippen LogP contribution in [0.15, 0.2) is 36.4 Å². The largest absolute Gasteiger partial charge is 0.478 e. The van der Waals surface area contributed by atoms with E-state index < -0.39 is 5.97 Å². The van der Waals surface area contributed by atoms with Crippen molar-refractivity contribution in [1.29, 1.82) is 0 Å². The maximum atomic E-state index is 11.0. The Morgan fingerprint density at radius 2 is 1.71 bits per heavy atom. The number of carboxylic acids is 1. The third kappa shape index (κ3) is 2.47. The van der Waals surface area contributed by atoms with Crippen molar-refractivity contribution in [2.45, 2.75) is 44.9 Å². The Balaban J connectivity index is 1.68. The number of carboxylic acid groups (broad SMARTS) is 1. The van der Waals surface area contributed by atoms with Gasteiger partial charge in [0.05, 0.1) is 5.56 Å². The summed E-state index contributed by atoms with van der Waals surface area (Å²) in [7, 11) is 0. The molecule has 2 aromatic rings. The summed E-state index contributed by atoms with van der Waals surface area (Å²) in [5.74, 6) is 0.685. The van der Waals surface area contributed by atoms with E-state index in [1.807, 2.05) is 12.1 Å². The van der Waals surface area contributed by atoms with E-state index in [2.05, 4.69) is 32.1 Å². The Bertz CT molecular complexity index is 843. The number of aryl methyl sites for hydroxylation is 1. The van der Waals surface area contributed by atoms with Crippen molar-refractivity contribution in [2.75, 3.05) is 0 Å². The number of hydrogen-bond acceptors (Lipinski definition) is 1. The van der Waals surface area contributed by atoms with Crippen LogP contribution in [0.1, 0.15) is 76.2 Å². The summed E-state index contributed by atoms with van der Waals surface area (Å²) in [6, 6.07) is 11.9. The molecule has 0 saturated heterocycles. The second kappa shape index (κ2) is 5.62. The number of carbonyl (C=O) groups is 1. The van der Waals surface area contributed by atoms with Crippen LogP contribution < -0.4 is 0 Å². The zero-order valence-electron chi connectivity index (χ0n) is 14.2. The second-order valence-electron chi connectivity index (χ2n) is 7.26. The number of benzene rings is 2. The minimum Gasteiger partial charge on any atom is -0.478 e. The van der Waals surface area contributed by atoms with Gasteiger partial charge in [-0.1, -0.05) is 30.3 Å². The lowest BCUT2D eigenvalue weighted by Gasteiger charge is -2.18. The number of aromatic carboxylic acids is 1. The predicted molar refractivity (Wildman–Crippen MR) is 97.5 cm³/mol. The smallest absolute Gasteiger partial charge is 0.335 e. The lowest BCUT2D eigenvalue weighted by Crippen LogP contribution is -2.00. The molecule has 122 valence electrons. The van der Waals surface area contributed by atoms with Crippen molar-refractivity contribution in [1.82, 2.24) is 0 Å². The predicted octanol–water partition coefficient (Wildman–Crippen LogP) is 5.62. The molecule has 2 aliphatic rings. The first-order valence-electron chi connectivity index (χ1n) is 8.69. The van der Waals surface area contributed by atoms with Crippen LogP contribution in [0.5, 0.6) is 0 Å². The fourth-order valence-electron chi connectivity index (χ4n) is 4.48. The van der Waals surface area contributed by atoms with Gasteiger partial charge in [0.1, 0.15) is 0 Å². The molecule has 2 aliphatic carbocycles. The van der Waals surface area contributed by atoms with Crippen LogP contribution in [0.25, 0.3) is 11.6 Å². The zero-order chi connectivity index (χ0) is 16.8. The SMILES string of the molecule is C/C(=C/c1ccc(C(=O)O)cc1)c1cc2c(cc1C)C1CCC2C1. The Morgan fingerprint density at radius 1 is 1.08 bits per heavy atom. The Morgan fingerprint density at radius 3 is 2.33 bits per heavy atom. The van der Waals surface area contributed by atoms with Crippen LogP contribution in [0.3, 0.4) is 0 Å². The molecule has 0 amide bonds. The van der Waals surface area contributed by atoms with Gasteiger partial charge in [-0.15, -0.1) is 0 Å². The average molecular weight is 318 g/mol. The van der Waals surface area contributed by atoms with E-state index in [1.165, 1.54) is 36.0 Å². The van der Waals surface area contributed by atoms with Crippen molar-refractivity contribution in [3.05, 3.63) is 69.8 Å². The standard InChI is InChI=1S/C22H22O2/c1-13(9-15-3-5-16(6-4-15)22(23)24)19-12-21-18-8-7-17(11-18)20(21)10-14(19)2/h3-6,9-10,12,17-18H,7-8,11H2,1-2H3,(H,23,24)/b13-9-. The van der Waals surface area contributed by atoms with Gasteiger partial charge in [0.15, 0.2) is 0 Å². The van der Waals surface area contributed by atoms with E-state index in [4.69, 9.17) is 5.11 Å². The van der Waals surface area contributed by atoms with Crippen LogP contribution in [-0.4, -0.2) is 11.1 Å². The molecular weight excluding hydrogens is 296 g/mol. The summed E-state index contributed by atoms with van der Waals surface area (Å²) in [5, 5.41) is 9.00. The summed E-state index contributed by atoms with van der Waals surface area (Å²) in [6.07, 6.45) is 6.20. The van der Waals surface area contributed by atoms with Gasteiger partial charge in [-0.25, -0.2) is 4.79 Å². The van der Waals surface area contributed by atoms with E-state index >= 15 is 0 Å². The molecule has 2 unspecified atom stereocenters. The highest BCUT2D eigenvalue weighted by Crippen LogP contribution is 2.53. The first-order valence-corrected chi connectivity index (χ1v) is 8.69. The van der Waals surface area contributed by atoms with Crippen LogP contribution in [0.2, 0.25) is 0 Å². The van der Waals surface area contributed by atoms with Gasteiger partial charge in [0.25, 0.3) is 0 Å². The molecule has 2 heteroatoms. The summed E-state index contributed by atoms with van der Waals surface area (Å²) in [4.78, 5) is 11.0. The molecule has 2 aromatic carbocycles. The van der Waals surface area contributed by atoms with Crippen molar-refractivity contribution >= 4 is 17.6 Å². The molecular formula is C22H22O2. The van der Waals surface area contributed by atoms with E-state index in [-0.39, 0.29) is 0 Å². The molecule has 1 fully saturated rings. The third-order valence-electron chi connectivity index (χ3n) is 5.71. The van der Waals surface area contributed by atoms with Crippen LogP contribution >= 0.6 is 0 Å². The molecule has 0 aromatic heterocycles. The highest BCUT2D eigenvalue weighted by molar-refractivity contribution is 5.88. The van der Waals surface area contributed by atoms with Gasteiger partial charge >= 0.3 is 5.97 Å². The lowest BCUT2D eigenvalue weighted by molar-refractivity contribution is 0.0697. The first-order chi connectivity index (χ1) is 11.5. The topological polar surface area (TPSA) is 37.3 Å². The molecule has 24 heavy (non-hydrogen) atoms. The molecule has 0 radical (unpaired) electrons. The molecule has 0 aliphatic heterocycles. The quantitative estimate of drug-likeness (QED) is 0.746. The Kier molecular flexibility index (Phi) is 3.56. The van der Waals surface area contributed by atoms with Gasteiger partial charge in [0, 0.05) is 0 Å². The molecule has 1 N–H and O–H groups in total. The summed E-state index contributed by atoms with van der Waals surface area (Å²) >= 11 is 0. The first kappa shape index (κ1) is 15.2. The monoisotopic (exact) mass is 318 g/mol. The number of fused-ring (bicyclic) bond motifs is 5. The van der Waals surface area contributed by atoms with Crippen molar-refractivity contribution in [2.24, 2.45) is 0 Å². The van der Waals surface area contributed by atoms with Gasteiger partial charge in [-0.2, -0.15) is 0 Å². The summed E-state index contributed by atoms with van der Waals surface area (Å²) < 4.78 is 0. The zero-order valence-corrected chi connectivity index (χ0v) is 14.2. The minimum atomic E-state index is -0.883. The molecule has 4 rings (SSSR count). The molecule has 2 nitrogen and oxygen atoms in total. The number of allylic oxidation sites excluding steroid dienone is 1. The highest BCUT2D eigenvalue weighted by Gasteiger charge is 2.37. The Hall–Kier alpha value is -2.35. The average Bonchev–Trinajstić information content (AvgIpc) is 3.16. The third-order valence-corrected chi connectivity index (χ3v) is 5.71. The summed E-state index contributed by atoms with van der Waals surface area (Å²) in [6.45, 7) is 4.35. The maximum Gasteiger partial charge on any atom is 0.335 e. The van der Waals surface area contributed by atoms with Crippen molar-refractivity contribution in [3.8, 4) is 0 Å². The van der Waals surface area contributed by atoms with Crippen LogP contribution in [0.4, 0.5) is 0 Å². The lowest BCUT2D eigenvalue weighted by atomic mass is 9.86. The van der Waals surface area contributed by atoms with E-state index in [0.29, 0.717) is 5.56 Å². The van der Waals surface area contributed by atoms with E-state index in [9.17, 15) is 4.79 Å². The fourth-order valence-corrected chi connectivity index (χ4v) is 4.48. The van der Waals surface area contributed by atoms with E-state index in [0.717, 1.165) is 17.4 Å². The minimum absolute atomic E-state index is 0.328. The van der Waals surface area contributed by atoms with Crippen LogP contribution in [0, 0.1) is 6.92 Å².